The van der Waals surface area contributed by atoms with E-state index in [1.165, 1.54) is 6.07 Å². The Labute approximate surface area is 79.9 Å². The summed E-state index contributed by atoms with van der Waals surface area (Å²) in [7, 11) is 0. The summed E-state index contributed by atoms with van der Waals surface area (Å²) >= 11 is 0. The number of carbonyl (C=O) groups is 1. The van der Waals surface area contributed by atoms with Gasteiger partial charge in [0, 0.05) is 19.0 Å². The molecule has 1 aromatic carbocycles. The summed E-state index contributed by atoms with van der Waals surface area (Å²) in [5.74, 6) is -1.87. The van der Waals surface area contributed by atoms with Gasteiger partial charge >= 0.3 is 0 Å². The van der Waals surface area contributed by atoms with Crippen LogP contribution in [-0.4, -0.2) is 12.5 Å². The largest absolute Gasteiger partial charge is 0.330 e. The Morgan fingerprint density at radius 1 is 1.43 bits per heavy atom. The Balaban J connectivity index is 2.72. The van der Waals surface area contributed by atoms with Crippen molar-refractivity contribution >= 4 is 11.6 Å². The van der Waals surface area contributed by atoms with Gasteiger partial charge in [0.2, 0.25) is 5.91 Å². The van der Waals surface area contributed by atoms with E-state index in [1.54, 1.807) is 0 Å². The van der Waals surface area contributed by atoms with Crippen LogP contribution in [0.2, 0.25) is 0 Å². The lowest BCUT2D eigenvalue weighted by atomic mass is 10.3. The van der Waals surface area contributed by atoms with Gasteiger partial charge in [-0.2, -0.15) is 0 Å². The zero-order chi connectivity index (χ0) is 10.6. The molecule has 0 aromatic heterocycles. The van der Waals surface area contributed by atoms with Crippen LogP contribution in [0, 0.1) is 11.6 Å². The average Bonchev–Trinajstić information content (AvgIpc) is 2.10. The van der Waals surface area contributed by atoms with Gasteiger partial charge in [0.1, 0.15) is 11.6 Å². The second-order valence-corrected chi connectivity index (χ2v) is 2.71. The molecule has 76 valence electrons. The van der Waals surface area contributed by atoms with Crippen LogP contribution in [-0.2, 0) is 4.79 Å². The number of hydrogen-bond donors (Lipinski definition) is 2. The molecule has 1 rings (SSSR count). The van der Waals surface area contributed by atoms with Crippen molar-refractivity contribution in [3.05, 3.63) is 29.8 Å². The van der Waals surface area contributed by atoms with E-state index >= 15 is 0 Å². The van der Waals surface area contributed by atoms with Crippen molar-refractivity contribution in [3.63, 3.8) is 0 Å². The number of amides is 1. The van der Waals surface area contributed by atoms with Gasteiger partial charge < -0.3 is 11.1 Å². The SMILES string of the molecule is NCCC(=O)Nc1ccc(F)cc1F. The number of anilines is 1. The van der Waals surface area contributed by atoms with Crippen LogP contribution < -0.4 is 11.1 Å². The van der Waals surface area contributed by atoms with Crippen molar-refractivity contribution in [1.82, 2.24) is 0 Å². The molecule has 1 aromatic rings. The van der Waals surface area contributed by atoms with E-state index in [1.807, 2.05) is 0 Å². The second-order valence-electron chi connectivity index (χ2n) is 2.71. The molecular formula is C9H10F2N2O. The van der Waals surface area contributed by atoms with E-state index in [4.69, 9.17) is 5.73 Å². The maximum absolute atomic E-state index is 13.0. The van der Waals surface area contributed by atoms with E-state index < -0.39 is 17.5 Å². The van der Waals surface area contributed by atoms with Crippen LogP contribution in [0.15, 0.2) is 18.2 Å². The molecule has 0 spiro atoms. The fourth-order valence-electron chi connectivity index (χ4n) is 0.935. The zero-order valence-corrected chi connectivity index (χ0v) is 7.39. The number of benzene rings is 1. The molecule has 5 heteroatoms. The molecule has 3 N–H and O–H groups in total. The van der Waals surface area contributed by atoms with Gasteiger partial charge in [-0.05, 0) is 12.1 Å². The van der Waals surface area contributed by atoms with E-state index in [0.29, 0.717) is 6.07 Å². The predicted octanol–water partition coefficient (Wildman–Crippen LogP) is 1.25. The molecule has 0 saturated carbocycles. The van der Waals surface area contributed by atoms with Crippen molar-refractivity contribution in [3.8, 4) is 0 Å². The van der Waals surface area contributed by atoms with Crippen LogP contribution >= 0.6 is 0 Å². The quantitative estimate of drug-likeness (QED) is 0.771. The lowest BCUT2D eigenvalue weighted by molar-refractivity contribution is -0.116. The summed E-state index contributed by atoms with van der Waals surface area (Å²) in [6.07, 6.45) is 0.108. The summed E-state index contributed by atoms with van der Waals surface area (Å²) < 4.78 is 25.4. The Bertz CT molecular complexity index is 342. The summed E-state index contributed by atoms with van der Waals surface area (Å²) in [4.78, 5) is 11.0. The highest BCUT2D eigenvalue weighted by Crippen LogP contribution is 2.14. The van der Waals surface area contributed by atoms with Crippen LogP contribution in [0.3, 0.4) is 0 Å². The van der Waals surface area contributed by atoms with Crippen LogP contribution in [0.1, 0.15) is 6.42 Å². The van der Waals surface area contributed by atoms with Crippen LogP contribution in [0.25, 0.3) is 0 Å². The maximum atomic E-state index is 13.0. The fraction of sp³-hybridized carbons (Fsp3) is 0.222. The van der Waals surface area contributed by atoms with Crippen LogP contribution in [0.5, 0.6) is 0 Å². The molecule has 3 nitrogen and oxygen atoms in total. The number of carbonyl (C=O) groups excluding carboxylic acids is 1. The first-order valence-corrected chi connectivity index (χ1v) is 4.08. The van der Waals surface area contributed by atoms with Crippen molar-refractivity contribution in [1.29, 1.82) is 0 Å². The third-order valence-corrected chi connectivity index (χ3v) is 1.58. The topological polar surface area (TPSA) is 55.1 Å². The molecular weight excluding hydrogens is 190 g/mol. The third-order valence-electron chi connectivity index (χ3n) is 1.58. The van der Waals surface area contributed by atoms with Gasteiger partial charge in [-0.3, -0.25) is 4.79 Å². The maximum Gasteiger partial charge on any atom is 0.225 e. The first-order chi connectivity index (χ1) is 6.63. The number of rotatable bonds is 3. The summed E-state index contributed by atoms with van der Waals surface area (Å²) in [6, 6.07) is 2.94. The number of nitrogens with one attached hydrogen (secondary N) is 1. The number of halogens is 2. The Kier molecular flexibility index (Phi) is 3.53. The Morgan fingerprint density at radius 2 is 2.14 bits per heavy atom. The fourth-order valence-corrected chi connectivity index (χ4v) is 0.935. The molecule has 0 unspecified atom stereocenters. The second kappa shape index (κ2) is 4.66. The van der Waals surface area contributed by atoms with E-state index in [2.05, 4.69) is 5.32 Å². The summed E-state index contributed by atoms with van der Waals surface area (Å²) in [5, 5.41) is 2.28. The molecule has 1 amide bonds. The van der Waals surface area contributed by atoms with Crippen molar-refractivity contribution in [2.24, 2.45) is 5.73 Å². The van der Waals surface area contributed by atoms with Crippen molar-refractivity contribution < 1.29 is 13.6 Å². The predicted molar refractivity (Wildman–Crippen MR) is 48.7 cm³/mol. The van der Waals surface area contributed by atoms with Gasteiger partial charge in [-0.1, -0.05) is 0 Å². The molecule has 0 bridgehead atoms. The zero-order valence-electron chi connectivity index (χ0n) is 7.39. The molecule has 0 radical (unpaired) electrons. The highest BCUT2D eigenvalue weighted by molar-refractivity contribution is 5.90. The van der Waals surface area contributed by atoms with Gasteiger partial charge in [-0.25, -0.2) is 8.78 Å². The number of hydrogen-bond acceptors (Lipinski definition) is 2. The van der Waals surface area contributed by atoms with Crippen LogP contribution in [0.4, 0.5) is 14.5 Å². The molecule has 0 saturated heterocycles. The molecule has 0 aliphatic carbocycles. The Morgan fingerprint density at radius 3 is 2.71 bits per heavy atom. The smallest absolute Gasteiger partial charge is 0.225 e. The van der Waals surface area contributed by atoms with Crippen molar-refractivity contribution in [2.75, 3.05) is 11.9 Å². The minimum Gasteiger partial charge on any atom is -0.330 e. The normalized spacial score (nSPS) is 9.93. The molecule has 0 heterocycles. The molecule has 0 atom stereocenters. The molecule has 0 aliphatic heterocycles. The standard InChI is InChI=1S/C9H10F2N2O/c10-6-1-2-8(7(11)5-6)13-9(14)3-4-12/h1-2,5H,3-4,12H2,(H,13,14). The van der Waals surface area contributed by atoms with Gasteiger partial charge in [-0.15, -0.1) is 0 Å². The van der Waals surface area contributed by atoms with E-state index in [0.717, 1.165) is 6.07 Å². The van der Waals surface area contributed by atoms with Gasteiger partial charge in [0.25, 0.3) is 0 Å². The highest BCUT2D eigenvalue weighted by atomic mass is 19.1. The summed E-state index contributed by atoms with van der Waals surface area (Å²) in [6.45, 7) is 0.189. The molecule has 14 heavy (non-hydrogen) atoms. The van der Waals surface area contributed by atoms with Gasteiger partial charge in [0.15, 0.2) is 0 Å². The number of nitrogens with two attached hydrogens (primary N) is 1. The Hall–Kier alpha value is -1.49. The lowest BCUT2D eigenvalue weighted by Crippen LogP contribution is -2.16. The monoisotopic (exact) mass is 200 g/mol. The van der Waals surface area contributed by atoms with E-state index in [-0.39, 0.29) is 18.7 Å². The molecule has 0 aliphatic rings. The minimum atomic E-state index is -0.796. The lowest BCUT2D eigenvalue weighted by Gasteiger charge is -2.04. The van der Waals surface area contributed by atoms with Crippen molar-refractivity contribution in [2.45, 2.75) is 6.42 Å². The highest BCUT2D eigenvalue weighted by Gasteiger charge is 2.06. The van der Waals surface area contributed by atoms with E-state index in [9.17, 15) is 13.6 Å². The average molecular weight is 200 g/mol. The summed E-state index contributed by atoms with van der Waals surface area (Å²) in [5.41, 5.74) is 5.09. The molecule has 0 fully saturated rings. The van der Waals surface area contributed by atoms with Gasteiger partial charge in [0.05, 0.1) is 5.69 Å². The first kappa shape index (κ1) is 10.6. The minimum absolute atomic E-state index is 0.0372. The third kappa shape index (κ3) is 2.77. The first-order valence-electron chi connectivity index (χ1n) is 4.08.